The Morgan fingerprint density at radius 3 is 2.56 bits per heavy atom. The van der Waals surface area contributed by atoms with E-state index in [-0.39, 0.29) is 6.23 Å². The Kier molecular flexibility index (Phi) is 17.3. The van der Waals surface area contributed by atoms with Gasteiger partial charge in [0.1, 0.15) is 6.23 Å². The second-order valence-corrected chi connectivity index (χ2v) is 7.11. The van der Waals surface area contributed by atoms with Crippen molar-refractivity contribution in [3.63, 3.8) is 0 Å². The van der Waals surface area contributed by atoms with Crippen molar-refractivity contribution < 1.29 is 9.47 Å². The molecule has 148 valence electrons. The lowest BCUT2D eigenvalue weighted by Gasteiger charge is -2.27. The van der Waals surface area contributed by atoms with Crippen LogP contribution in [-0.4, -0.2) is 63.0 Å². The zero-order valence-electron chi connectivity index (χ0n) is 16.3. The van der Waals surface area contributed by atoms with E-state index < -0.39 is 0 Å². The molecule has 0 bridgehead atoms. The molecular formula is C19H36Cl2N2O2. The molecule has 0 rings (SSSR count). The summed E-state index contributed by atoms with van der Waals surface area (Å²) in [6.45, 7) is 9.73. The van der Waals surface area contributed by atoms with E-state index >= 15 is 0 Å². The van der Waals surface area contributed by atoms with Gasteiger partial charge in [-0.25, -0.2) is 0 Å². The van der Waals surface area contributed by atoms with Crippen LogP contribution in [0.5, 0.6) is 0 Å². The second kappa shape index (κ2) is 17.3. The topological polar surface area (TPSA) is 33.7 Å². The van der Waals surface area contributed by atoms with Gasteiger partial charge in [-0.3, -0.25) is 10.2 Å². The molecule has 1 N–H and O–H groups in total. The van der Waals surface area contributed by atoms with Crippen LogP contribution in [-0.2, 0) is 9.47 Å². The molecule has 0 aromatic heterocycles. The SMILES string of the molecule is CC(C)=CCC/C(C)=C/COC(CCOCNCCCl)N(C)CCCl. The molecule has 25 heavy (non-hydrogen) atoms. The third-order valence-electron chi connectivity index (χ3n) is 3.73. The fraction of sp³-hybridized carbons (Fsp3) is 0.789. The second-order valence-electron chi connectivity index (χ2n) is 6.36. The van der Waals surface area contributed by atoms with Crippen LogP contribution in [0, 0.1) is 0 Å². The summed E-state index contributed by atoms with van der Waals surface area (Å²) >= 11 is 11.5. The Morgan fingerprint density at radius 1 is 1.16 bits per heavy atom. The van der Waals surface area contributed by atoms with Crippen molar-refractivity contribution in [1.82, 2.24) is 10.2 Å². The molecule has 0 heterocycles. The summed E-state index contributed by atoms with van der Waals surface area (Å²) in [6.07, 6.45) is 7.41. The first-order valence-electron chi connectivity index (χ1n) is 9.02. The molecule has 0 aliphatic rings. The normalized spacial score (nSPS) is 13.3. The molecule has 0 radical (unpaired) electrons. The quantitative estimate of drug-likeness (QED) is 0.182. The van der Waals surface area contributed by atoms with Crippen LogP contribution in [0.15, 0.2) is 23.3 Å². The minimum Gasteiger partial charge on any atom is -0.366 e. The molecule has 0 aromatic carbocycles. The van der Waals surface area contributed by atoms with E-state index in [9.17, 15) is 0 Å². The molecule has 0 aliphatic heterocycles. The van der Waals surface area contributed by atoms with Gasteiger partial charge in [0.2, 0.25) is 0 Å². The molecule has 4 nitrogen and oxygen atoms in total. The number of halogens is 2. The standard InChI is InChI=1S/C19H36Cl2N2O2/c1-17(2)6-5-7-18(3)8-15-25-19(23(4)13-11-21)9-14-24-16-22-12-10-20/h6,8,19,22H,5,7,9-16H2,1-4H3/b18-8+. The van der Waals surface area contributed by atoms with Gasteiger partial charge in [0.15, 0.2) is 0 Å². The van der Waals surface area contributed by atoms with Crippen LogP contribution in [0.25, 0.3) is 0 Å². The molecule has 1 unspecified atom stereocenters. The summed E-state index contributed by atoms with van der Waals surface area (Å²) in [5, 5.41) is 3.10. The van der Waals surface area contributed by atoms with Crippen LogP contribution in [0.4, 0.5) is 0 Å². The highest BCUT2D eigenvalue weighted by atomic mass is 35.5. The molecule has 0 spiro atoms. The third kappa shape index (κ3) is 15.8. The average Bonchev–Trinajstić information content (AvgIpc) is 2.56. The summed E-state index contributed by atoms with van der Waals surface area (Å²) in [4.78, 5) is 2.13. The Labute approximate surface area is 164 Å². The number of rotatable bonds is 16. The van der Waals surface area contributed by atoms with Gasteiger partial charge in [-0.2, -0.15) is 0 Å². The molecule has 0 saturated heterocycles. The number of alkyl halides is 2. The van der Waals surface area contributed by atoms with E-state index in [0.717, 1.165) is 32.4 Å². The van der Waals surface area contributed by atoms with Gasteiger partial charge in [0.05, 0.1) is 19.9 Å². The van der Waals surface area contributed by atoms with Crippen LogP contribution < -0.4 is 5.32 Å². The van der Waals surface area contributed by atoms with Crippen molar-refractivity contribution in [2.24, 2.45) is 0 Å². The van der Waals surface area contributed by atoms with Crippen LogP contribution in [0.2, 0.25) is 0 Å². The van der Waals surface area contributed by atoms with Gasteiger partial charge in [-0.15, -0.1) is 23.2 Å². The van der Waals surface area contributed by atoms with Gasteiger partial charge in [-0.05, 0) is 40.7 Å². The largest absolute Gasteiger partial charge is 0.366 e. The van der Waals surface area contributed by atoms with Crippen molar-refractivity contribution in [1.29, 1.82) is 0 Å². The lowest BCUT2D eigenvalue weighted by molar-refractivity contribution is -0.0532. The lowest BCUT2D eigenvalue weighted by Crippen LogP contribution is -2.37. The molecule has 0 aliphatic carbocycles. The summed E-state index contributed by atoms with van der Waals surface area (Å²) in [7, 11) is 2.03. The van der Waals surface area contributed by atoms with Crippen molar-refractivity contribution in [2.75, 3.05) is 51.8 Å². The zero-order valence-corrected chi connectivity index (χ0v) is 17.8. The summed E-state index contributed by atoms with van der Waals surface area (Å²) in [5.74, 6) is 1.18. The molecule has 0 fully saturated rings. The van der Waals surface area contributed by atoms with Crippen LogP contribution in [0.3, 0.4) is 0 Å². The first-order chi connectivity index (χ1) is 12.0. The third-order valence-corrected chi connectivity index (χ3v) is 4.08. The fourth-order valence-electron chi connectivity index (χ4n) is 2.17. The number of nitrogens with one attached hydrogen (secondary N) is 1. The Morgan fingerprint density at radius 2 is 1.92 bits per heavy atom. The molecule has 1 atom stereocenters. The van der Waals surface area contributed by atoms with E-state index in [1.165, 1.54) is 11.1 Å². The predicted octanol–water partition coefficient (Wildman–Crippen LogP) is 4.39. The number of allylic oxidation sites excluding steroid dienone is 3. The first kappa shape index (κ1) is 24.9. The summed E-state index contributed by atoms with van der Waals surface area (Å²) < 4.78 is 11.6. The van der Waals surface area contributed by atoms with Crippen molar-refractivity contribution in [3.8, 4) is 0 Å². The van der Waals surface area contributed by atoms with Crippen molar-refractivity contribution in [3.05, 3.63) is 23.3 Å². The van der Waals surface area contributed by atoms with E-state index in [2.05, 4.69) is 43.1 Å². The number of ether oxygens (including phenoxy) is 2. The Bertz CT molecular complexity index is 372. The Hall–Kier alpha value is -0.100. The maximum absolute atomic E-state index is 6.04. The van der Waals surface area contributed by atoms with Gasteiger partial charge in [-0.1, -0.05) is 23.3 Å². The minimum absolute atomic E-state index is 0.00797. The number of hydrogen-bond acceptors (Lipinski definition) is 4. The molecular weight excluding hydrogens is 359 g/mol. The van der Waals surface area contributed by atoms with E-state index in [0.29, 0.717) is 31.7 Å². The Balaban J connectivity index is 4.18. The van der Waals surface area contributed by atoms with Gasteiger partial charge >= 0.3 is 0 Å². The van der Waals surface area contributed by atoms with E-state index in [4.69, 9.17) is 32.7 Å². The number of hydrogen-bond donors (Lipinski definition) is 1. The van der Waals surface area contributed by atoms with Crippen LogP contribution in [0.1, 0.15) is 40.0 Å². The highest BCUT2D eigenvalue weighted by Gasteiger charge is 2.14. The molecule has 0 aromatic rings. The predicted molar refractivity (Wildman–Crippen MR) is 110 cm³/mol. The van der Waals surface area contributed by atoms with E-state index in [1.807, 2.05) is 7.05 Å². The fourth-order valence-corrected chi connectivity index (χ4v) is 2.57. The van der Waals surface area contributed by atoms with Gasteiger partial charge < -0.3 is 9.47 Å². The maximum atomic E-state index is 6.04. The first-order valence-corrected chi connectivity index (χ1v) is 10.1. The van der Waals surface area contributed by atoms with Crippen molar-refractivity contribution >= 4 is 23.2 Å². The number of nitrogens with zero attached hydrogens (tertiary/aromatic N) is 1. The average molecular weight is 395 g/mol. The summed E-state index contributed by atoms with van der Waals surface area (Å²) in [5.41, 5.74) is 2.73. The monoisotopic (exact) mass is 394 g/mol. The maximum Gasteiger partial charge on any atom is 0.113 e. The summed E-state index contributed by atoms with van der Waals surface area (Å²) in [6, 6.07) is 0. The van der Waals surface area contributed by atoms with Crippen LogP contribution >= 0.6 is 23.2 Å². The smallest absolute Gasteiger partial charge is 0.113 e. The van der Waals surface area contributed by atoms with Gasteiger partial charge in [0.25, 0.3) is 0 Å². The highest BCUT2D eigenvalue weighted by Crippen LogP contribution is 2.09. The molecule has 0 amide bonds. The lowest BCUT2D eigenvalue weighted by atomic mass is 10.1. The molecule has 6 heteroatoms. The minimum atomic E-state index is 0.00797. The zero-order chi connectivity index (χ0) is 18.9. The molecule has 0 saturated carbocycles. The van der Waals surface area contributed by atoms with E-state index in [1.54, 1.807) is 0 Å². The van der Waals surface area contributed by atoms with Crippen molar-refractivity contribution in [2.45, 2.75) is 46.3 Å². The van der Waals surface area contributed by atoms with Gasteiger partial charge in [0, 0.05) is 31.3 Å². The highest BCUT2D eigenvalue weighted by molar-refractivity contribution is 6.18.